The first kappa shape index (κ1) is 14.8. The van der Waals surface area contributed by atoms with Gasteiger partial charge in [-0.15, -0.1) is 0 Å². The van der Waals surface area contributed by atoms with Crippen molar-refractivity contribution < 1.29 is 4.79 Å². The molecule has 0 bridgehead atoms. The molecule has 3 heterocycles. The van der Waals surface area contributed by atoms with Crippen molar-refractivity contribution in [3.8, 4) is 0 Å². The third kappa shape index (κ3) is 2.77. The van der Waals surface area contributed by atoms with Crippen LogP contribution in [0.4, 0.5) is 5.69 Å². The lowest BCUT2D eigenvalue weighted by molar-refractivity contribution is -0.120. The topological polar surface area (TPSA) is 71.8 Å². The molecule has 0 spiro atoms. The van der Waals surface area contributed by atoms with Crippen molar-refractivity contribution in [2.75, 3.05) is 11.9 Å². The van der Waals surface area contributed by atoms with Crippen LogP contribution in [0.3, 0.4) is 0 Å². The van der Waals surface area contributed by atoms with E-state index in [9.17, 15) is 4.79 Å². The summed E-state index contributed by atoms with van der Waals surface area (Å²) in [7, 11) is 0. The van der Waals surface area contributed by atoms with Gasteiger partial charge in [0.25, 0.3) is 0 Å². The first-order valence-corrected chi connectivity index (χ1v) is 8.10. The van der Waals surface area contributed by atoms with Crippen LogP contribution in [0, 0.1) is 0 Å². The largest absolute Gasteiger partial charge is 0.382 e. The number of aromatic nitrogens is 3. The molecule has 0 aromatic carbocycles. The Morgan fingerprint density at radius 1 is 1.41 bits per heavy atom. The maximum absolute atomic E-state index is 11.5. The van der Waals surface area contributed by atoms with Gasteiger partial charge in [-0.05, 0) is 32.3 Å². The molecule has 1 unspecified atom stereocenters. The van der Waals surface area contributed by atoms with Crippen LogP contribution in [0.1, 0.15) is 38.8 Å². The van der Waals surface area contributed by atoms with E-state index < -0.39 is 0 Å². The second-order valence-electron chi connectivity index (χ2n) is 5.69. The molecule has 2 N–H and O–H groups in total. The minimum atomic E-state index is 0.150. The molecular formula is C16H23N5O. The second-order valence-corrected chi connectivity index (χ2v) is 5.69. The Kier molecular flexibility index (Phi) is 4.27. The van der Waals surface area contributed by atoms with Gasteiger partial charge in [-0.1, -0.05) is 6.92 Å². The van der Waals surface area contributed by atoms with Crippen molar-refractivity contribution in [1.82, 2.24) is 20.1 Å². The highest BCUT2D eigenvalue weighted by atomic mass is 16.1. The molecule has 2 aromatic heterocycles. The van der Waals surface area contributed by atoms with Crippen LogP contribution in [0.2, 0.25) is 0 Å². The lowest BCUT2D eigenvalue weighted by Crippen LogP contribution is -2.23. The summed E-state index contributed by atoms with van der Waals surface area (Å²) in [4.78, 5) is 16.0. The molecule has 1 aliphatic heterocycles. The summed E-state index contributed by atoms with van der Waals surface area (Å²) < 4.78 is 1.96. The summed E-state index contributed by atoms with van der Waals surface area (Å²) in [5.41, 5.74) is 3.10. The van der Waals surface area contributed by atoms with E-state index in [0.717, 1.165) is 54.8 Å². The predicted molar refractivity (Wildman–Crippen MR) is 86.9 cm³/mol. The van der Waals surface area contributed by atoms with Crippen molar-refractivity contribution >= 4 is 22.6 Å². The van der Waals surface area contributed by atoms with Gasteiger partial charge in [0.1, 0.15) is 0 Å². The molecule has 1 saturated heterocycles. The fourth-order valence-corrected chi connectivity index (χ4v) is 3.05. The molecule has 0 radical (unpaired) electrons. The minimum absolute atomic E-state index is 0.150. The van der Waals surface area contributed by atoms with E-state index in [1.54, 1.807) is 0 Å². The monoisotopic (exact) mass is 301 g/mol. The number of hydrogen-bond acceptors (Lipinski definition) is 4. The standard InChI is InChI=1S/C16H23N5O/c1-3-12-15-13(8-10-18-16(15)21(4-2)20-12)19-11-5-6-14(22)17-9-7-11/h8,10-11H,3-7,9H2,1-2H3,(H,17,22)(H,18,19). The SMILES string of the molecule is CCc1nn(CC)c2nccc(NC3CCNC(=O)CC3)c12. The van der Waals surface area contributed by atoms with Crippen molar-refractivity contribution in [3.63, 3.8) is 0 Å². The summed E-state index contributed by atoms with van der Waals surface area (Å²) in [6, 6.07) is 2.32. The van der Waals surface area contributed by atoms with Gasteiger partial charge in [-0.3, -0.25) is 4.79 Å². The summed E-state index contributed by atoms with van der Waals surface area (Å²) >= 11 is 0. The van der Waals surface area contributed by atoms with Crippen LogP contribution in [-0.2, 0) is 17.8 Å². The minimum Gasteiger partial charge on any atom is -0.382 e. The average molecular weight is 301 g/mol. The normalized spacial score (nSPS) is 19.0. The number of amides is 1. The Morgan fingerprint density at radius 3 is 3.05 bits per heavy atom. The van der Waals surface area contributed by atoms with E-state index in [1.165, 1.54) is 0 Å². The molecule has 118 valence electrons. The van der Waals surface area contributed by atoms with E-state index in [1.807, 2.05) is 16.9 Å². The molecule has 0 aliphatic carbocycles. The van der Waals surface area contributed by atoms with Crippen LogP contribution in [0.25, 0.3) is 11.0 Å². The fourth-order valence-electron chi connectivity index (χ4n) is 3.05. The Bertz CT molecular complexity index is 678. The van der Waals surface area contributed by atoms with Gasteiger partial charge in [0.2, 0.25) is 5.91 Å². The maximum atomic E-state index is 11.5. The molecular weight excluding hydrogens is 278 g/mol. The summed E-state index contributed by atoms with van der Waals surface area (Å²) in [5, 5.41) is 12.3. The van der Waals surface area contributed by atoms with Crippen LogP contribution >= 0.6 is 0 Å². The van der Waals surface area contributed by atoms with Gasteiger partial charge in [-0.25, -0.2) is 9.67 Å². The lowest BCUT2D eigenvalue weighted by atomic mass is 10.1. The third-order valence-corrected chi connectivity index (χ3v) is 4.23. The fraction of sp³-hybridized carbons (Fsp3) is 0.562. The highest BCUT2D eigenvalue weighted by Gasteiger charge is 2.19. The number of fused-ring (bicyclic) bond motifs is 1. The Morgan fingerprint density at radius 2 is 2.27 bits per heavy atom. The number of anilines is 1. The van der Waals surface area contributed by atoms with Crippen LogP contribution in [0.5, 0.6) is 0 Å². The van der Waals surface area contributed by atoms with E-state index in [0.29, 0.717) is 12.5 Å². The van der Waals surface area contributed by atoms with E-state index >= 15 is 0 Å². The quantitative estimate of drug-likeness (QED) is 0.907. The van der Waals surface area contributed by atoms with Gasteiger partial charge in [0.05, 0.1) is 11.1 Å². The number of carbonyl (C=O) groups excluding carboxylic acids is 1. The Balaban J connectivity index is 1.93. The zero-order chi connectivity index (χ0) is 15.5. The molecule has 3 rings (SSSR count). The summed E-state index contributed by atoms with van der Waals surface area (Å²) in [5.74, 6) is 0.150. The van der Waals surface area contributed by atoms with Crippen molar-refractivity contribution in [3.05, 3.63) is 18.0 Å². The summed E-state index contributed by atoms with van der Waals surface area (Å²) in [6.07, 6.45) is 5.10. The van der Waals surface area contributed by atoms with Gasteiger partial charge < -0.3 is 10.6 Å². The highest BCUT2D eigenvalue weighted by molar-refractivity contribution is 5.91. The molecule has 1 fully saturated rings. The van der Waals surface area contributed by atoms with Crippen LogP contribution in [-0.4, -0.2) is 33.3 Å². The molecule has 2 aromatic rings. The van der Waals surface area contributed by atoms with Gasteiger partial charge in [-0.2, -0.15) is 5.10 Å². The zero-order valence-corrected chi connectivity index (χ0v) is 13.2. The third-order valence-electron chi connectivity index (χ3n) is 4.23. The molecule has 1 aliphatic rings. The van der Waals surface area contributed by atoms with Crippen molar-refractivity contribution in [2.45, 2.75) is 52.1 Å². The van der Waals surface area contributed by atoms with Gasteiger partial charge >= 0.3 is 0 Å². The number of carbonyl (C=O) groups is 1. The number of pyridine rings is 1. The zero-order valence-electron chi connectivity index (χ0n) is 13.2. The predicted octanol–water partition coefficient (Wildman–Crippen LogP) is 2.09. The first-order valence-electron chi connectivity index (χ1n) is 8.10. The average Bonchev–Trinajstić information content (AvgIpc) is 2.79. The first-order chi connectivity index (χ1) is 10.7. The smallest absolute Gasteiger partial charge is 0.220 e. The number of aryl methyl sites for hydroxylation is 2. The molecule has 6 heteroatoms. The van der Waals surface area contributed by atoms with Crippen LogP contribution in [0.15, 0.2) is 12.3 Å². The van der Waals surface area contributed by atoms with E-state index in [4.69, 9.17) is 0 Å². The van der Waals surface area contributed by atoms with E-state index in [-0.39, 0.29) is 5.91 Å². The van der Waals surface area contributed by atoms with Crippen molar-refractivity contribution in [1.29, 1.82) is 0 Å². The Labute approximate surface area is 130 Å². The van der Waals surface area contributed by atoms with Crippen LogP contribution < -0.4 is 10.6 Å². The molecule has 22 heavy (non-hydrogen) atoms. The van der Waals surface area contributed by atoms with Gasteiger partial charge in [0, 0.05) is 37.4 Å². The number of hydrogen-bond donors (Lipinski definition) is 2. The second kappa shape index (κ2) is 6.34. The number of nitrogens with zero attached hydrogens (tertiary/aromatic N) is 3. The van der Waals surface area contributed by atoms with E-state index in [2.05, 4.69) is 34.6 Å². The Hall–Kier alpha value is -2.11. The van der Waals surface area contributed by atoms with Gasteiger partial charge in [0.15, 0.2) is 5.65 Å². The number of nitrogens with one attached hydrogen (secondary N) is 2. The molecule has 1 atom stereocenters. The molecule has 0 saturated carbocycles. The molecule has 1 amide bonds. The summed E-state index contributed by atoms with van der Waals surface area (Å²) in [6.45, 7) is 5.75. The lowest BCUT2D eigenvalue weighted by Gasteiger charge is -2.17. The maximum Gasteiger partial charge on any atom is 0.220 e. The molecule has 6 nitrogen and oxygen atoms in total. The highest BCUT2D eigenvalue weighted by Crippen LogP contribution is 2.27. The number of rotatable bonds is 4. The van der Waals surface area contributed by atoms with Crippen molar-refractivity contribution in [2.24, 2.45) is 0 Å².